The number of nitrogens with zero attached hydrogens (tertiary/aromatic N) is 3. The van der Waals surface area contributed by atoms with E-state index in [0.717, 1.165) is 18.4 Å². The summed E-state index contributed by atoms with van der Waals surface area (Å²) in [7, 11) is 0. The lowest BCUT2D eigenvalue weighted by Gasteiger charge is -2.17. The Bertz CT molecular complexity index is 875. The third-order valence-corrected chi connectivity index (χ3v) is 4.01. The van der Waals surface area contributed by atoms with E-state index in [-0.39, 0.29) is 5.82 Å². The maximum absolute atomic E-state index is 13.2. The summed E-state index contributed by atoms with van der Waals surface area (Å²) in [6, 6.07) is 9.17. The molecule has 0 saturated carbocycles. The first-order valence-electron chi connectivity index (χ1n) is 8.25. The van der Waals surface area contributed by atoms with Gasteiger partial charge in [0.25, 0.3) is 0 Å². The Kier molecular flexibility index (Phi) is 4.92. The molecule has 0 fully saturated rings. The molecule has 25 heavy (non-hydrogen) atoms. The van der Waals surface area contributed by atoms with Crippen molar-refractivity contribution in [3.8, 4) is 11.3 Å². The van der Waals surface area contributed by atoms with Crippen LogP contribution in [0.1, 0.15) is 26.2 Å². The van der Waals surface area contributed by atoms with E-state index >= 15 is 0 Å². The Morgan fingerprint density at radius 1 is 1.32 bits per heavy atom. The first-order chi connectivity index (χ1) is 12.1. The second-order valence-corrected chi connectivity index (χ2v) is 5.88. The van der Waals surface area contributed by atoms with Crippen LogP contribution in [0, 0.1) is 5.82 Å². The highest BCUT2D eigenvalue weighted by Gasteiger charge is 2.17. The summed E-state index contributed by atoms with van der Waals surface area (Å²) in [6.07, 6.45) is 4.13. The van der Waals surface area contributed by atoms with Crippen molar-refractivity contribution in [2.24, 2.45) is 5.73 Å². The number of amides is 1. The van der Waals surface area contributed by atoms with E-state index in [1.54, 1.807) is 35.0 Å². The number of halogens is 1. The lowest BCUT2D eigenvalue weighted by molar-refractivity contribution is -0.118. The Morgan fingerprint density at radius 3 is 2.76 bits per heavy atom. The molecule has 3 N–H and O–H groups in total. The van der Waals surface area contributed by atoms with Crippen LogP contribution in [0.3, 0.4) is 0 Å². The van der Waals surface area contributed by atoms with Crippen LogP contribution in [-0.2, 0) is 4.79 Å². The lowest BCUT2D eigenvalue weighted by atomic mass is 10.1. The summed E-state index contributed by atoms with van der Waals surface area (Å²) in [5, 5.41) is 7.42. The third kappa shape index (κ3) is 3.76. The Morgan fingerprint density at radius 2 is 2.08 bits per heavy atom. The van der Waals surface area contributed by atoms with Gasteiger partial charge in [-0.1, -0.05) is 19.8 Å². The molecule has 3 rings (SSSR count). The van der Waals surface area contributed by atoms with Crippen LogP contribution in [0.2, 0.25) is 0 Å². The average Bonchev–Trinajstić information content (AvgIpc) is 3.07. The molecule has 2 aromatic heterocycles. The van der Waals surface area contributed by atoms with Gasteiger partial charge in [-0.05, 0) is 30.7 Å². The zero-order valence-corrected chi connectivity index (χ0v) is 13.9. The molecular weight excluding hydrogens is 321 g/mol. The molecule has 2 heterocycles. The highest BCUT2D eigenvalue weighted by atomic mass is 19.1. The van der Waals surface area contributed by atoms with Crippen molar-refractivity contribution in [2.45, 2.75) is 32.2 Å². The van der Waals surface area contributed by atoms with E-state index in [0.29, 0.717) is 23.6 Å². The number of rotatable bonds is 7. The summed E-state index contributed by atoms with van der Waals surface area (Å²) < 4.78 is 14.8. The fourth-order valence-corrected chi connectivity index (χ4v) is 2.66. The number of aromatic nitrogens is 3. The predicted molar refractivity (Wildman–Crippen MR) is 94.5 cm³/mol. The summed E-state index contributed by atoms with van der Waals surface area (Å²) in [5.41, 5.74) is 7.59. The van der Waals surface area contributed by atoms with Gasteiger partial charge in [-0.25, -0.2) is 9.37 Å². The SMILES string of the molecule is CCCC[C@@H](Nc1cc(-c2ccc(F)cc2)nc2ccnn12)C(N)=O. The molecule has 1 amide bonds. The zero-order chi connectivity index (χ0) is 17.8. The quantitative estimate of drug-likeness (QED) is 0.692. The lowest BCUT2D eigenvalue weighted by Crippen LogP contribution is -2.36. The maximum atomic E-state index is 13.2. The number of primary amides is 1. The minimum absolute atomic E-state index is 0.305. The molecule has 0 aliphatic heterocycles. The molecular formula is C18H20FN5O. The number of nitrogens with one attached hydrogen (secondary N) is 1. The molecule has 1 aromatic carbocycles. The van der Waals surface area contributed by atoms with Crippen LogP contribution in [0.4, 0.5) is 10.2 Å². The van der Waals surface area contributed by atoms with E-state index < -0.39 is 11.9 Å². The zero-order valence-electron chi connectivity index (χ0n) is 13.9. The number of hydrogen-bond acceptors (Lipinski definition) is 4. The van der Waals surface area contributed by atoms with Crippen LogP contribution in [0.25, 0.3) is 16.9 Å². The molecule has 0 spiro atoms. The van der Waals surface area contributed by atoms with E-state index in [4.69, 9.17) is 5.73 Å². The van der Waals surface area contributed by atoms with Crippen molar-refractivity contribution in [2.75, 3.05) is 5.32 Å². The standard InChI is InChI=1S/C18H20FN5O/c1-2-3-4-14(18(20)25)22-17-11-15(12-5-7-13(19)8-6-12)23-16-9-10-21-24(16)17/h5-11,14,22H,2-4H2,1H3,(H2,20,25)/t14-/m1/s1. The summed E-state index contributed by atoms with van der Waals surface area (Å²) in [5.74, 6) is -0.0935. The first kappa shape index (κ1) is 16.9. The minimum Gasteiger partial charge on any atom is -0.368 e. The molecule has 0 saturated heterocycles. The number of carbonyl (C=O) groups excluding carboxylic acids is 1. The molecule has 0 aliphatic carbocycles. The number of unbranched alkanes of at least 4 members (excludes halogenated alkanes) is 1. The number of fused-ring (bicyclic) bond motifs is 1. The second-order valence-electron chi connectivity index (χ2n) is 5.88. The largest absolute Gasteiger partial charge is 0.368 e. The summed E-state index contributed by atoms with van der Waals surface area (Å²) >= 11 is 0. The Balaban J connectivity index is 2.00. The number of hydrogen-bond donors (Lipinski definition) is 2. The van der Waals surface area contributed by atoms with E-state index in [2.05, 4.69) is 22.3 Å². The van der Waals surface area contributed by atoms with Gasteiger partial charge in [0.1, 0.15) is 17.7 Å². The van der Waals surface area contributed by atoms with E-state index in [1.807, 2.05) is 0 Å². The van der Waals surface area contributed by atoms with E-state index in [1.165, 1.54) is 12.1 Å². The molecule has 0 bridgehead atoms. The maximum Gasteiger partial charge on any atom is 0.239 e. The smallest absolute Gasteiger partial charge is 0.239 e. The highest BCUT2D eigenvalue weighted by molar-refractivity contribution is 5.83. The van der Waals surface area contributed by atoms with Gasteiger partial charge in [0, 0.05) is 17.7 Å². The molecule has 3 aromatic rings. The average molecular weight is 341 g/mol. The van der Waals surface area contributed by atoms with Gasteiger partial charge in [-0.3, -0.25) is 4.79 Å². The van der Waals surface area contributed by atoms with Crippen molar-refractivity contribution in [1.82, 2.24) is 14.6 Å². The Labute approximate surface area is 144 Å². The van der Waals surface area contributed by atoms with Crippen LogP contribution >= 0.6 is 0 Å². The molecule has 130 valence electrons. The third-order valence-electron chi connectivity index (χ3n) is 4.01. The van der Waals surface area contributed by atoms with Gasteiger partial charge in [0.2, 0.25) is 5.91 Å². The number of benzene rings is 1. The normalized spacial score (nSPS) is 12.2. The highest BCUT2D eigenvalue weighted by Crippen LogP contribution is 2.23. The first-order valence-corrected chi connectivity index (χ1v) is 8.25. The van der Waals surface area contributed by atoms with Crippen LogP contribution in [0.5, 0.6) is 0 Å². The fraction of sp³-hybridized carbons (Fsp3) is 0.278. The van der Waals surface area contributed by atoms with Crippen molar-refractivity contribution < 1.29 is 9.18 Å². The van der Waals surface area contributed by atoms with Crippen molar-refractivity contribution >= 4 is 17.4 Å². The molecule has 6 nitrogen and oxygen atoms in total. The van der Waals surface area contributed by atoms with Crippen LogP contribution in [0.15, 0.2) is 42.6 Å². The topological polar surface area (TPSA) is 85.3 Å². The molecule has 0 unspecified atom stereocenters. The second kappa shape index (κ2) is 7.29. The molecule has 0 radical (unpaired) electrons. The van der Waals surface area contributed by atoms with Gasteiger partial charge in [0.15, 0.2) is 5.65 Å². The molecule has 0 aliphatic rings. The van der Waals surface area contributed by atoms with E-state index in [9.17, 15) is 9.18 Å². The number of anilines is 1. The monoisotopic (exact) mass is 341 g/mol. The summed E-state index contributed by atoms with van der Waals surface area (Å²) in [4.78, 5) is 16.3. The van der Waals surface area contributed by atoms with Gasteiger partial charge in [-0.2, -0.15) is 9.61 Å². The number of carbonyl (C=O) groups is 1. The van der Waals surface area contributed by atoms with Gasteiger partial charge < -0.3 is 11.1 Å². The fourth-order valence-electron chi connectivity index (χ4n) is 2.66. The molecule has 7 heteroatoms. The number of nitrogens with two attached hydrogens (primary N) is 1. The van der Waals surface area contributed by atoms with Crippen LogP contribution < -0.4 is 11.1 Å². The molecule has 1 atom stereocenters. The van der Waals surface area contributed by atoms with Crippen molar-refractivity contribution in [3.63, 3.8) is 0 Å². The van der Waals surface area contributed by atoms with Crippen LogP contribution in [-0.4, -0.2) is 26.5 Å². The van der Waals surface area contributed by atoms with Gasteiger partial charge in [-0.15, -0.1) is 0 Å². The van der Waals surface area contributed by atoms with Crippen molar-refractivity contribution in [1.29, 1.82) is 0 Å². The summed E-state index contributed by atoms with van der Waals surface area (Å²) in [6.45, 7) is 2.06. The predicted octanol–water partition coefficient (Wildman–Crippen LogP) is 2.99. The van der Waals surface area contributed by atoms with Gasteiger partial charge >= 0.3 is 0 Å². The minimum atomic E-state index is -0.490. The van der Waals surface area contributed by atoms with Crippen molar-refractivity contribution in [3.05, 3.63) is 48.4 Å². The van der Waals surface area contributed by atoms with Gasteiger partial charge in [0.05, 0.1) is 11.9 Å². The Hall–Kier alpha value is -2.96.